The summed E-state index contributed by atoms with van der Waals surface area (Å²) in [5, 5.41) is 3.46. The van der Waals surface area contributed by atoms with Crippen molar-refractivity contribution in [2.75, 3.05) is 26.7 Å². The molecule has 2 aromatic rings. The van der Waals surface area contributed by atoms with Crippen LogP contribution in [0.4, 0.5) is 0 Å². The second-order valence-electron chi connectivity index (χ2n) is 6.04. The molecule has 1 aromatic carbocycles. The second kappa shape index (κ2) is 9.04. The minimum atomic E-state index is -0.437. The lowest BCUT2D eigenvalue weighted by atomic mass is 10.0. The topological polar surface area (TPSA) is 54.7 Å². The van der Waals surface area contributed by atoms with Crippen molar-refractivity contribution in [3.05, 3.63) is 59.0 Å². The molecule has 0 radical (unpaired) electrons. The highest BCUT2D eigenvalue weighted by atomic mass is 35.5. The van der Waals surface area contributed by atoms with Gasteiger partial charge in [-0.15, -0.1) is 12.4 Å². The summed E-state index contributed by atoms with van der Waals surface area (Å²) in [6.07, 6.45) is 1.05. The third-order valence-corrected chi connectivity index (χ3v) is 4.53. The Balaban J connectivity index is 0.00000225. The van der Waals surface area contributed by atoms with Gasteiger partial charge in [0.2, 0.25) is 5.76 Å². The zero-order chi connectivity index (χ0) is 16.9. The van der Waals surface area contributed by atoms with Crippen molar-refractivity contribution in [2.24, 2.45) is 0 Å². The van der Waals surface area contributed by atoms with E-state index in [4.69, 9.17) is 9.15 Å². The predicted molar refractivity (Wildman–Crippen MR) is 99.1 cm³/mol. The molecule has 1 aromatic heterocycles. The Labute approximate surface area is 154 Å². The van der Waals surface area contributed by atoms with Crippen molar-refractivity contribution >= 4 is 18.4 Å². The monoisotopic (exact) mass is 364 g/mol. The quantitative estimate of drug-likeness (QED) is 0.826. The highest BCUT2D eigenvalue weighted by Crippen LogP contribution is 2.25. The Morgan fingerprint density at radius 1 is 1.28 bits per heavy atom. The number of hydrogen-bond acceptors (Lipinski definition) is 5. The van der Waals surface area contributed by atoms with Crippen LogP contribution in [0.25, 0.3) is 0 Å². The number of furan rings is 1. The summed E-state index contributed by atoms with van der Waals surface area (Å²) in [4.78, 5) is 13.9. The molecule has 1 aliphatic rings. The zero-order valence-corrected chi connectivity index (χ0v) is 15.5. The van der Waals surface area contributed by atoms with Crippen LogP contribution in [0.5, 0.6) is 0 Å². The predicted octanol–water partition coefficient (Wildman–Crippen LogP) is 3.20. The van der Waals surface area contributed by atoms with Gasteiger partial charge in [0.25, 0.3) is 0 Å². The van der Waals surface area contributed by atoms with Crippen LogP contribution < -0.4 is 5.32 Å². The minimum absolute atomic E-state index is 0. The largest absolute Gasteiger partial charge is 0.463 e. The van der Waals surface area contributed by atoms with E-state index in [1.165, 1.54) is 18.2 Å². The van der Waals surface area contributed by atoms with E-state index in [1.807, 2.05) is 6.07 Å². The lowest BCUT2D eigenvalue weighted by molar-refractivity contribution is 0.0559. The molecular formula is C19H25ClN2O3. The molecule has 0 aliphatic carbocycles. The van der Waals surface area contributed by atoms with Crippen molar-refractivity contribution in [1.29, 1.82) is 0 Å². The van der Waals surface area contributed by atoms with Crippen molar-refractivity contribution in [3.63, 3.8) is 0 Å². The first-order valence-electron chi connectivity index (χ1n) is 8.42. The first kappa shape index (κ1) is 19.5. The molecular weight excluding hydrogens is 340 g/mol. The van der Waals surface area contributed by atoms with Gasteiger partial charge in [-0.1, -0.05) is 31.2 Å². The number of aryl methyl sites for hydroxylation is 1. The molecule has 0 saturated carbocycles. The van der Waals surface area contributed by atoms with Gasteiger partial charge in [-0.25, -0.2) is 4.79 Å². The summed E-state index contributed by atoms with van der Waals surface area (Å²) in [7, 11) is 1.36. The van der Waals surface area contributed by atoms with Gasteiger partial charge >= 0.3 is 5.97 Å². The summed E-state index contributed by atoms with van der Waals surface area (Å²) in [5.41, 5.74) is 2.65. The lowest BCUT2D eigenvalue weighted by Gasteiger charge is -2.36. The molecule has 0 amide bonds. The number of rotatable bonds is 5. The number of nitrogens with zero attached hydrogens (tertiary/aromatic N) is 1. The molecule has 1 aliphatic heterocycles. The van der Waals surface area contributed by atoms with E-state index in [-0.39, 0.29) is 18.2 Å². The van der Waals surface area contributed by atoms with Crippen LogP contribution >= 0.6 is 12.4 Å². The van der Waals surface area contributed by atoms with E-state index < -0.39 is 5.97 Å². The van der Waals surface area contributed by atoms with E-state index >= 15 is 0 Å². The van der Waals surface area contributed by atoms with Crippen LogP contribution in [0.2, 0.25) is 0 Å². The molecule has 1 unspecified atom stereocenters. The third kappa shape index (κ3) is 4.63. The smallest absolute Gasteiger partial charge is 0.373 e. The van der Waals surface area contributed by atoms with E-state index in [2.05, 4.69) is 41.4 Å². The Morgan fingerprint density at radius 2 is 2.04 bits per heavy atom. The normalized spacial score (nSPS) is 17.8. The third-order valence-electron chi connectivity index (χ3n) is 4.53. The summed E-state index contributed by atoms with van der Waals surface area (Å²) in [6.45, 7) is 5.65. The van der Waals surface area contributed by atoms with Crippen LogP contribution in [0.3, 0.4) is 0 Å². The molecule has 1 saturated heterocycles. The number of ether oxygens (including phenoxy) is 1. The fraction of sp³-hybridized carbons (Fsp3) is 0.421. The minimum Gasteiger partial charge on any atom is -0.463 e. The zero-order valence-electron chi connectivity index (χ0n) is 14.7. The van der Waals surface area contributed by atoms with Crippen LogP contribution in [-0.4, -0.2) is 37.6 Å². The lowest BCUT2D eigenvalue weighted by Crippen LogP contribution is -2.45. The Bertz CT molecular complexity index is 684. The number of nitrogens with one attached hydrogen (secondary N) is 1. The van der Waals surface area contributed by atoms with Crippen molar-refractivity contribution in [3.8, 4) is 0 Å². The summed E-state index contributed by atoms with van der Waals surface area (Å²) in [5.74, 6) is 0.604. The number of carbonyl (C=O) groups excluding carboxylic acids is 1. The number of halogens is 1. The van der Waals surface area contributed by atoms with Crippen molar-refractivity contribution in [2.45, 2.75) is 25.9 Å². The standard InChI is InChI=1S/C19H24N2O3.ClH/c1-3-14-4-6-15(7-5-14)17-12-20-10-11-21(17)13-16-8-9-18(24-16)19(22)23-2;/h4-9,17,20H,3,10-13H2,1-2H3;1H. The van der Waals surface area contributed by atoms with Crippen LogP contribution in [0.15, 0.2) is 40.8 Å². The van der Waals surface area contributed by atoms with Gasteiger partial charge in [-0.2, -0.15) is 0 Å². The number of esters is 1. The Kier molecular flexibility index (Phi) is 7.05. The molecule has 1 atom stereocenters. The fourth-order valence-electron chi connectivity index (χ4n) is 3.11. The first-order chi connectivity index (χ1) is 11.7. The van der Waals surface area contributed by atoms with Gasteiger partial charge in [0, 0.05) is 25.7 Å². The average molecular weight is 365 g/mol. The van der Waals surface area contributed by atoms with Crippen LogP contribution in [0.1, 0.15) is 40.4 Å². The maximum absolute atomic E-state index is 11.5. The van der Waals surface area contributed by atoms with Crippen LogP contribution in [-0.2, 0) is 17.7 Å². The molecule has 5 nitrogen and oxygen atoms in total. The molecule has 6 heteroatoms. The van der Waals surface area contributed by atoms with E-state index in [0.29, 0.717) is 12.6 Å². The van der Waals surface area contributed by atoms with Gasteiger partial charge in [-0.3, -0.25) is 4.90 Å². The SMILES string of the molecule is CCc1ccc(C2CNCCN2Cc2ccc(C(=O)OC)o2)cc1.Cl. The van der Waals surface area contributed by atoms with Crippen molar-refractivity contribution in [1.82, 2.24) is 10.2 Å². The Morgan fingerprint density at radius 3 is 2.72 bits per heavy atom. The number of benzene rings is 1. The highest BCUT2D eigenvalue weighted by Gasteiger charge is 2.25. The van der Waals surface area contributed by atoms with Gasteiger partial charge < -0.3 is 14.5 Å². The molecule has 2 heterocycles. The van der Waals surface area contributed by atoms with E-state index in [9.17, 15) is 4.79 Å². The number of carbonyl (C=O) groups is 1. The van der Waals surface area contributed by atoms with Gasteiger partial charge in [0.05, 0.1) is 13.7 Å². The summed E-state index contributed by atoms with van der Waals surface area (Å²) < 4.78 is 10.3. The number of methoxy groups -OCH3 is 1. The van der Waals surface area contributed by atoms with Crippen molar-refractivity contribution < 1.29 is 13.9 Å². The van der Waals surface area contributed by atoms with Crippen LogP contribution in [0, 0.1) is 0 Å². The summed E-state index contributed by atoms with van der Waals surface area (Å²) >= 11 is 0. The molecule has 0 spiro atoms. The molecule has 1 fully saturated rings. The van der Waals surface area contributed by atoms with Gasteiger partial charge in [-0.05, 0) is 29.7 Å². The second-order valence-corrected chi connectivity index (χ2v) is 6.04. The molecule has 0 bridgehead atoms. The van der Waals surface area contributed by atoms with E-state index in [0.717, 1.165) is 31.8 Å². The highest BCUT2D eigenvalue weighted by molar-refractivity contribution is 5.86. The number of piperazine rings is 1. The molecule has 3 rings (SSSR count). The van der Waals surface area contributed by atoms with Gasteiger partial charge in [0.1, 0.15) is 5.76 Å². The Hall–Kier alpha value is -1.82. The average Bonchev–Trinajstić information content (AvgIpc) is 3.10. The fourth-order valence-corrected chi connectivity index (χ4v) is 3.11. The molecule has 1 N–H and O–H groups in total. The molecule has 136 valence electrons. The first-order valence-corrected chi connectivity index (χ1v) is 8.42. The van der Waals surface area contributed by atoms with Gasteiger partial charge in [0.15, 0.2) is 0 Å². The number of hydrogen-bond donors (Lipinski definition) is 1. The molecule has 25 heavy (non-hydrogen) atoms. The van der Waals surface area contributed by atoms with E-state index in [1.54, 1.807) is 6.07 Å². The summed E-state index contributed by atoms with van der Waals surface area (Å²) in [6, 6.07) is 12.7. The maximum Gasteiger partial charge on any atom is 0.373 e. The maximum atomic E-state index is 11.5.